The Hall–Kier alpha value is -1.38. The van der Waals surface area contributed by atoms with E-state index in [0.29, 0.717) is 0 Å². The first kappa shape index (κ1) is 9.71. The summed E-state index contributed by atoms with van der Waals surface area (Å²) in [6, 6.07) is -0.982. The average molecular weight is 212 g/mol. The molecule has 0 radical (unpaired) electrons. The van der Waals surface area contributed by atoms with Crippen LogP contribution in [0, 0.1) is 0 Å². The highest BCUT2D eigenvalue weighted by atomic mass is 32.1. The van der Waals surface area contributed by atoms with Crippen molar-refractivity contribution < 1.29 is 18.0 Å². The van der Waals surface area contributed by atoms with Gasteiger partial charge >= 0.3 is 12.2 Å². The van der Waals surface area contributed by atoms with Crippen LogP contribution in [0.1, 0.15) is 5.01 Å². The first-order chi connectivity index (χ1) is 5.89. The number of carbonyl (C=O) groups excluding carboxylic acids is 1. The van der Waals surface area contributed by atoms with Crippen molar-refractivity contribution in [1.29, 1.82) is 0 Å². The number of aromatic nitrogens is 2. The predicted molar refractivity (Wildman–Crippen MR) is 38.1 cm³/mol. The molecule has 3 N–H and O–H groups in total. The number of urea groups is 1. The molecule has 9 heteroatoms. The fourth-order valence-electron chi connectivity index (χ4n) is 0.494. The predicted octanol–water partition coefficient (Wildman–Crippen LogP) is 1.05. The van der Waals surface area contributed by atoms with E-state index in [0.717, 1.165) is 0 Å². The Bertz CT molecular complexity index is 321. The standard InChI is InChI=1S/C4H3F3N4OS/c5-4(6,7)1-10-11-3(13-1)9-2(8)12/h(H3,8,9,11,12). The quantitative estimate of drug-likeness (QED) is 0.729. The van der Waals surface area contributed by atoms with Crippen LogP contribution >= 0.6 is 11.3 Å². The van der Waals surface area contributed by atoms with Gasteiger partial charge in [0.05, 0.1) is 0 Å². The van der Waals surface area contributed by atoms with Crippen molar-refractivity contribution in [3.8, 4) is 0 Å². The van der Waals surface area contributed by atoms with Crippen LogP contribution in [0.3, 0.4) is 0 Å². The molecular formula is C4H3F3N4OS. The molecule has 0 atom stereocenters. The Balaban J connectivity index is 2.81. The summed E-state index contributed by atoms with van der Waals surface area (Å²) in [6.45, 7) is 0. The lowest BCUT2D eigenvalue weighted by Crippen LogP contribution is -2.18. The Morgan fingerprint density at radius 3 is 2.46 bits per heavy atom. The second-order valence-electron chi connectivity index (χ2n) is 1.90. The number of nitrogens with one attached hydrogen (secondary N) is 1. The highest BCUT2D eigenvalue weighted by Crippen LogP contribution is 2.32. The van der Waals surface area contributed by atoms with Crippen molar-refractivity contribution in [1.82, 2.24) is 10.2 Å². The number of halogens is 3. The number of primary amides is 1. The van der Waals surface area contributed by atoms with Gasteiger partial charge in [-0.3, -0.25) is 5.32 Å². The van der Waals surface area contributed by atoms with Crippen molar-refractivity contribution >= 4 is 22.5 Å². The Labute approximate surface area is 73.8 Å². The second kappa shape index (κ2) is 3.17. The molecule has 1 heterocycles. The van der Waals surface area contributed by atoms with Crippen molar-refractivity contribution in [2.45, 2.75) is 6.18 Å². The third kappa shape index (κ3) is 2.54. The molecule has 0 bridgehead atoms. The number of alkyl halides is 3. The highest BCUT2D eigenvalue weighted by Gasteiger charge is 2.35. The van der Waals surface area contributed by atoms with E-state index in [4.69, 9.17) is 0 Å². The molecule has 1 rings (SSSR count). The molecule has 1 aromatic rings. The van der Waals surface area contributed by atoms with E-state index in [-0.39, 0.29) is 16.5 Å². The van der Waals surface area contributed by atoms with E-state index in [1.165, 1.54) is 0 Å². The van der Waals surface area contributed by atoms with Crippen LogP contribution in [0.25, 0.3) is 0 Å². The second-order valence-corrected chi connectivity index (χ2v) is 2.88. The van der Waals surface area contributed by atoms with Gasteiger partial charge < -0.3 is 5.73 Å². The van der Waals surface area contributed by atoms with Crippen molar-refractivity contribution in [2.75, 3.05) is 5.32 Å². The molecule has 1 aromatic heterocycles. The van der Waals surface area contributed by atoms with Gasteiger partial charge in [-0.25, -0.2) is 4.79 Å². The van der Waals surface area contributed by atoms with Gasteiger partial charge in [0.25, 0.3) is 0 Å². The Morgan fingerprint density at radius 1 is 1.46 bits per heavy atom. The smallest absolute Gasteiger partial charge is 0.351 e. The van der Waals surface area contributed by atoms with Crippen molar-refractivity contribution in [3.63, 3.8) is 0 Å². The minimum Gasteiger partial charge on any atom is -0.351 e. The molecule has 0 aromatic carbocycles. The number of hydrogen-bond donors (Lipinski definition) is 2. The van der Waals surface area contributed by atoms with Crippen molar-refractivity contribution in [3.05, 3.63) is 5.01 Å². The first-order valence-electron chi connectivity index (χ1n) is 2.87. The van der Waals surface area contributed by atoms with Crippen LogP contribution in [0.4, 0.5) is 23.1 Å². The number of hydrogen-bond acceptors (Lipinski definition) is 4. The zero-order valence-electron chi connectivity index (χ0n) is 5.92. The summed E-state index contributed by atoms with van der Waals surface area (Å²) < 4.78 is 35.7. The molecule has 5 nitrogen and oxygen atoms in total. The van der Waals surface area contributed by atoms with E-state index >= 15 is 0 Å². The number of nitrogens with zero attached hydrogens (tertiary/aromatic N) is 2. The molecule has 13 heavy (non-hydrogen) atoms. The number of anilines is 1. The summed E-state index contributed by atoms with van der Waals surface area (Å²) in [4.78, 5) is 10.2. The lowest BCUT2D eigenvalue weighted by molar-refractivity contribution is -0.138. The molecule has 0 saturated carbocycles. The fraction of sp³-hybridized carbons (Fsp3) is 0.250. The van der Waals surface area contributed by atoms with Crippen molar-refractivity contribution in [2.24, 2.45) is 5.73 Å². The van der Waals surface area contributed by atoms with Gasteiger partial charge in [0.1, 0.15) is 0 Å². The largest absolute Gasteiger partial charge is 0.445 e. The van der Waals surface area contributed by atoms with Crippen LogP contribution in [0.2, 0.25) is 0 Å². The van der Waals surface area contributed by atoms with E-state index in [9.17, 15) is 18.0 Å². The Kier molecular flexibility index (Phi) is 2.36. The van der Waals surface area contributed by atoms with E-state index in [1.54, 1.807) is 0 Å². The molecule has 0 unspecified atom stereocenters. The number of nitrogens with two attached hydrogens (primary N) is 1. The van der Waals surface area contributed by atoms with E-state index < -0.39 is 17.2 Å². The number of carbonyl (C=O) groups is 1. The molecule has 0 saturated heterocycles. The van der Waals surface area contributed by atoms with Gasteiger partial charge in [-0.2, -0.15) is 13.2 Å². The Morgan fingerprint density at radius 2 is 2.08 bits per heavy atom. The normalized spacial score (nSPS) is 11.3. The summed E-state index contributed by atoms with van der Waals surface area (Å²) in [5.74, 6) is 0. The minimum absolute atomic E-state index is 0.209. The molecule has 0 aliphatic heterocycles. The average Bonchev–Trinajstić information content (AvgIpc) is 2.32. The maximum atomic E-state index is 11.9. The highest BCUT2D eigenvalue weighted by molar-refractivity contribution is 7.15. The van der Waals surface area contributed by atoms with Gasteiger partial charge in [0.15, 0.2) is 0 Å². The monoisotopic (exact) mass is 212 g/mol. The summed E-state index contributed by atoms with van der Waals surface area (Å²) >= 11 is 0.209. The SMILES string of the molecule is NC(=O)Nc1nnc(C(F)(F)F)s1. The molecule has 0 spiro atoms. The van der Waals surface area contributed by atoms with E-state index in [2.05, 4.69) is 15.9 Å². The molecule has 72 valence electrons. The van der Waals surface area contributed by atoms with Gasteiger partial charge in [-0.05, 0) is 0 Å². The molecule has 0 aliphatic rings. The minimum atomic E-state index is -4.55. The van der Waals surface area contributed by atoms with Gasteiger partial charge in [-0.1, -0.05) is 11.3 Å². The zero-order valence-corrected chi connectivity index (χ0v) is 6.74. The molecule has 2 amide bonds. The molecule has 0 fully saturated rings. The van der Waals surface area contributed by atoms with Crippen LogP contribution in [-0.2, 0) is 6.18 Å². The van der Waals surface area contributed by atoms with Crippen LogP contribution in [0.5, 0.6) is 0 Å². The molecular weight excluding hydrogens is 209 g/mol. The zero-order chi connectivity index (χ0) is 10.1. The van der Waals surface area contributed by atoms with Gasteiger partial charge in [0.2, 0.25) is 10.1 Å². The summed E-state index contributed by atoms with van der Waals surface area (Å²) in [5, 5.41) is 6.35. The maximum absolute atomic E-state index is 11.9. The maximum Gasteiger partial charge on any atom is 0.445 e. The third-order valence-electron chi connectivity index (χ3n) is 0.898. The summed E-state index contributed by atoms with van der Waals surface area (Å²) in [6.07, 6.45) is -4.55. The van der Waals surface area contributed by atoms with Gasteiger partial charge in [0, 0.05) is 0 Å². The number of amides is 2. The lowest BCUT2D eigenvalue weighted by atomic mass is 10.7. The van der Waals surface area contributed by atoms with Crippen LogP contribution in [0.15, 0.2) is 0 Å². The summed E-state index contributed by atoms with van der Waals surface area (Å²) in [5.41, 5.74) is 4.65. The van der Waals surface area contributed by atoms with Crippen LogP contribution < -0.4 is 11.1 Å². The number of rotatable bonds is 1. The lowest BCUT2D eigenvalue weighted by Gasteiger charge is -1.97. The fourth-order valence-corrected chi connectivity index (χ4v) is 1.11. The molecule has 0 aliphatic carbocycles. The third-order valence-corrected chi connectivity index (χ3v) is 1.78. The van der Waals surface area contributed by atoms with Crippen LogP contribution in [-0.4, -0.2) is 16.2 Å². The summed E-state index contributed by atoms with van der Waals surface area (Å²) in [7, 11) is 0. The topological polar surface area (TPSA) is 80.9 Å². The van der Waals surface area contributed by atoms with E-state index in [1.807, 2.05) is 5.32 Å². The van der Waals surface area contributed by atoms with Gasteiger partial charge in [-0.15, -0.1) is 10.2 Å². The first-order valence-corrected chi connectivity index (χ1v) is 3.68.